The van der Waals surface area contributed by atoms with Crippen molar-refractivity contribution >= 4 is 17.3 Å². The maximum Gasteiger partial charge on any atom is 0.142 e. The number of benzene rings is 2. The lowest BCUT2D eigenvalue weighted by Crippen LogP contribution is -1.88. The average Bonchev–Trinajstić information content (AvgIpc) is 2.27. The van der Waals surface area contributed by atoms with Gasteiger partial charge in [-0.15, -0.1) is 0 Å². The summed E-state index contributed by atoms with van der Waals surface area (Å²) in [4.78, 5) is 0. The highest BCUT2D eigenvalue weighted by atomic mass is 35.5. The molecule has 0 bridgehead atoms. The van der Waals surface area contributed by atoms with Crippen molar-refractivity contribution in [2.24, 2.45) is 0 Å². The molecule has 0 aliphatic carbocycles. The Morgan fingerprint density at radius 3 is 2.18 bits per heavy atom. The maximum atomic E-state index is 9.71. The van der Waals surface area contributed by atoms with Gasteiger partial charge in [0.05, 0.1) is 5.69 Å². The molecule has 2 aromatic carbocycles. The van der Waals surface area contributed by atoms with E-state index in [4.69, 9.17) is 17.3 Å². The van der Waals surface area contributed by atoms with E-state index in [0.29, 0.717) is 16.1 Å². The standard InChI is InChI=1S/C12H10ClNO3/c13-6-1-2-10(15)7(3-6)8-4-9(14)12(17)5-11(8)16/h1-5,15-17H,14H2. The van der Waals surface area contributed by atoms with Gasteiger partial charge in [0.2, 0.25) is 0 Å². The van der Waals surface area contributed by atoms with Crippen molar-refractivity contribution in [1.29, 1.82) is 0 Å². The number of hydrogen-bond acceptors (Lipinski definition) is 4. The molecule has 0 amide bonds. The van der Waals surface area contributed by atoms with E-state index >= 15 is 0 Å². The number of halogens is 1. The lowest BCUT2D eigenvalue weighted by molar-refractivity contribution is 0.452. The molecule has 0 spiro atoms. The Labute approximate surface area is 103 Å². The first-order chi connectivity index (χ1) is 7.99. The molecule has 4 nitrogen and oxygen atoms in total. The van der Waals surface area contributed by atoms with Gasteiger partial charge in [-0.1, -0.05) is 11.6 Å². The molecule has 0 radical (unpaired) electrons. The summed E-state index contributed by atoms with van der Waals surface area (Å²) in [7, 11) is 0. The van der Waals surface area contributed by atoms with E-state index in [0.717, 1.165) is 6.07 Å². The van der Waals surface area contributed by atoms with Crippen LogP contribution in [0.3, 0.4) is 0 Å². The third kappa shape index (κ3) is 2.07. The summed E-state index contributed by atoms with van der Waals surface area (Å²) in [5, 5.41) is 29.2. The normalized spacial score (nSPS) is 10.4. The Kier molecular flexibility index (Phi) is 2.73. The number of aromatic hydroxyl groups is 3. The van der Waals surface area contributed by atoms with Gasteiger partial charge in [0, 0.05) is 22.2 Å². The van der Waals surface area contributed by atoms with Crippen LogP contribution in [0, 0.1) is 0 Å². The van der Waals surface area contributed by atoms with E-state index in [1.165, 1.54) is 24.3 Å². The second-order valence-corrected chi connectivity index (χ2v) is 4.03. The largest absolute Gasteiger partial charge is 0.507 e. The fourth-order valence-corrected chi connectivity index (χ4v) is 1.71. The summed E-state index contributed by atoms with van der Waals surface area (Å²) in [6.07, 6.45) is 0. The smallest absolute Gasteiger partial charge is 0.142 e. The highest BCUT2D eigenvalue weighted by molar-refractivity contribution is 6.31. The van der Waals surface area contributed by atoms with Crippen LogP contribution >= 0.6 is 11.6 Å². The minimum atomic E-state index is -0.215. The van der Waals surface area contributed by atoms with Gasteiger partial charge in [0.15, 0.2) is 0 Å². The van der Waals surface area contributed by atoms with Crippen LogP contribution in [0.15, 0.2) is 30.3 Å². The number of nitrogens with two attached hydrogens (primary N) is 1. The van der Waals surface area contributed by atoms with Gasteiger partial charge in [0.25, 0.3) is 0 Å². The third-order valence-corrected chi connectivity index (χ3v) is 2.63. The van der Waals surface area contributed by atoms with Crippen LogP contribution in [-0.4, -0.2) is 15.3 Å². The van der Waals surface area contributed by atoms with Crippen LogP contribution < -0.4 is 5.73 Å². The number of phenolic OH excluding ortho intramolecular Hbond substituents is 3. The third-order valence-electron chi connectivity index (χ3n) is 2.39. The Hall–Kier alpha value is -2.07. The topological polar surface area (TPSA) is 86.7 Å². The van der Waals surface area contributed by atoms with Crippen LogP contribution in [0.4, 0.5) is 5.69 Å². The maximum absolute atomic E-state index is 9.71. The summed E-state index contributed by atoms with van der Waals surface area (Å²) in [5.41, 5.74) is 6.30. The monoisotopic (exact) mass is 251 g/mol. The zero-order valence-corrected chi connectivity index (χ0v) is 9.44. The molecule has 0 unspecified atom stereocenters. The van der Waals surface area contributed by atoms with E-state index in [-0.39, 0.29) is 22.9 Å². The van der Waals surface area contributed by atoms with E-state index in [1.807, 2.05) is 0 Å². The molecule has 0 aliphatic rings. The molecule has 0 heterocycles. The number of phenols is 3. The van der Waals surface area contributed by atoms with E-state index in [9.17, 15) is 15.3 Å². The molecule has 5 heteroatoms. The Morgan fingerprint density at radius 2 is 1.47 bits per heavy atom. The molecule has 17 heavy (non-hydrogen) atoms. The molecule has 0 fully saturated rings. The second-order valence-electron chi connectivity index (χ2n) is 3.59. The zero-order chi connectivity index (χ0) is 12.6. The fraction of sp³-hybridized carbons (Fsp3) is 0. The van der Waals surface area contributed by atoms with Gasteiger partial charge < -0.3 is 21.1 Å². The Bertz CT molecular complexity index is 584. The minimum absolute atomic E-state index is 0.0326. The summed E-state index contributed by atoms with van der Waals surface area (Å²) in [6, 6.07) is 6.94. The predicted octanol–water partition coefficient (Wildman–Crippen LogP) is 2.71. The van der Waals surface area contributed by atoms with Crippen molar-refractivity contribution in [3.8, 4) is 28.4 Å². The van der Waals surface area contributed by atoms with Crippen molar-refractivity contribution in [2.75, 3.05) is 5.73 Å². The number of anilines is 1. The lowest BCUT2D eigenvalue weighted by atomic mass is 10.0. The van der Waals surface area contributed by atoms with Crippen molar-refractivity contribution in [1.82, 2.24) is 0 Å². The Balaban J connectivity index is 2.68. The first-order valence-corrected chi connectivity index (χ1v) is 5.17. The van der Waals surface area contributed by atoms with E-state index < -0.39 is 0 Å². The van der Waals surface area contributed by atoms with Gasteiger partial charge >= 0.3 is 0 Å². The van der Waals surface area contributed by atoms with Crippen LogP contribution in [0.5, 0.6) is 17.2 Å². The second kappa shape index (κ2) is 4.07. The molecule has 0 aromatic heterocycles. The predicted molar refractivity (Wildman–Crippen MR) is 66.3 cm³/mol. The summed E-state index contributed by atoms with van der Waals surface area (Å²) < 4.78 is 0. The van der Waals surface area contributed by atoms with Gasteiger partial charge in [-0.25, -0.2) is 0 Å². The molecular weight excluding hydrogens is 242 g/mol. The van der Waals surface area contributed by atoms with E-state index in [2.05, 4.69) is 0 Å². The van der Waals surface area contributed by atoms with E-state index in [1.54, 1.807) is 0 Å². The molecule has 0 saturated carbocycles. The fourth-order valence-electron chi connectivity index (χ4n) is 1.53. The van der Waals surface area contributed by atoms with Gasteiger partial charge in [0.1, 0.15) is 17.2 Å². The number of rotatable bonds is 1. The first kappa shape index (κ1) is 11.4. The summed E-state index contributed by atoms with van der Waals surface area (Å²) in [5.74, 6) is -0.433. The minimum Gasteiger partial charge on any atom is -0.507 e. The number of nitrogen functional groups attached to an aromatic ring is 1. The quantitative estimate of drug-likeness (QED) is 0.357. The SMILES string of the molecule is Nc1cc(-c2cc(Cl)ccc2O)c(O)cc1O. The van der Waals surface area contributed by atoms with Crippen LogP contribution in [0.2, 0.25) is 5.02 Å². The van der Waals surface area contributed by atoms with Crippen molar-refractivity contribution in [3.63, 3.8) is 0 Å². The zero-order valence-electron chi connectivity index (χ0n) is 8.68. The molecule has 5 N–H and O–H groups in total. The van der Waals surface area contributed by atoms with Crippen molar-refractivity contribution in [2.45, 2.75) is 0 Å². The molecule has 0 atom stereocenters. The van der Waals surface area contributed by atoms with Crippen molar-refractivity contribution < 1.29 is 15.3 Å². The van der Waals surface area contributed by atoms with Crippen LogP contribution in [0.1, 0.15) is 0 Å². The van der Waals surface area contributed by atoms with Crippen molar-refractivity contribution in [3.05, 3.63) is 35.4 Å². The van der Waals surface area contributed by atoms with Gasteiger partial charge in [-0.05, 0) is 24.3 Å². The molecule has 88 valence electrons. The highest BCUT2D eigenvalue weighted by Crippen LogP contribution is 2.40. The summed E-state index contributed by atoms with van der Waals surface area (Å²) >= 11 is 5.82. The molecule has 0 saturated heterocycles. The van der Waals surface area contributed by atoms with Crippen LogP contribution in [0.25, 0.3) is 11.1 Å². The van der Waals surface area contributed by atoms with Gasteiger partial charge in [-0.3, -0.25) is 0 Å². The molecule has 2 rings (SSSR count). The summed E-state index contributed by atoms with van der Waals surface area (Å²) in [6.45, 7) is 0. The highest BCUT2D eigenvalue weighted by Gasteiger charge is 2.12. The average molecular weight is 252 g/mol. The number of hydrogen-bond donors (Lipinski definition) is 4. The van der Waals surface area contributed by atoms with Crippen LogP contribution in [-0.2, 0) is 0 Å². The lowest BCUT2D eigenvalue weighted by Gasteiger charge is -2.09. The van der Waals surface area contributed by atoms with Gasteiger partial charge in [-0.2, -0.15) is 0 Å². The first-order valence-electron chi connectivity index (χ1n) is 4.79. The molecule has 0 aliphatic heterocycles. The molecule has 2 aromatic rings. The molecular formula is C12H10ClNO3. The Morgan fingerprint density at radius 1 is 0.824 bits per heavy atom.